The fourth-order valence-electron chi connectivity index (χ4n) is 2.88. The Labute approximate surface area is 142 Å². The molecule has 5 nitrogen and oxygen atoms in total. The van der Waals surface area contributed by atoms with Crippen molar-refractivity contribution < 1.29 is 14.3 Å². The molecule has 24 heavy (non-hydrogen) atoms. The Morgan fingerprint density at radius 2 is 1.92 bits per heavy atom. The second kappa shape index (κ2) is 7.34. The number of benzene rings is 1. The normalized spacial score (nSPS) is 15.2. The van der Waals surface area contributed by atoms with E-state index in [1.807, 2.05) is 48.2 Å². The number of hydrogen-bond acceptors (Lipinski definition) is 4. The van der Waals surface area contributed by atoms with Gasteiger partial charge in [0.1, 0.15) is 17.6 Å². The molecule has 1 aliphatic rings. The molecular formula is C19H22N2O3. The Bertz CT molecular complexity index is 692. The number of amides is 1. The summed E-state index contributed by atoms with van der Waals surface area (Å²) in [5.74, 6) is 1.42. The van der Waals surface area contributed by atoms with Crippen LogP contribution in [0.15, 0.2) is 42.6 Å². The molecule has 1 amide bonds. The maximum Gasteiger partial charge on any atom is 0.257 e. The minimum Gasteiger partial charge on any atom is -0.496 e. The number of carbonyl (C=O) groups is 1. The van der Waals surface area contributed by atoms with Gasteiger partial charge >= 0.3 is 0 Å². The molecule has 0 saturated carbocycles. The third-order valence-corrected chi connectivity index (χ3v) is 4.25. The van der Waals surface area contributed by atoms with Crippen LogP contribution in [0.1, 0.15) is 28.9 Å². The molecular weight excluding hydrogens is 304 g/mol. The van der Waals surface area contributed by atoms with Crippen LogP contribution in [0.2, 0.25) is 0 Å². The zero-order valence-corrected chi connectivity index (χ0v) is 14.1. The van der Waals surface area contributed by atoms with E-state index in [0.717, 1.165) is 24.3 Å². The first-order chi connectivity index (χ1) is 11.7. The molecule has 0 atom stereocenters. The number of pyridine rings is 1. The smallest absolute Gasteiger partial charge is 0.257 e. The summed E-state index contributed by atoms with van der Waals surface area (Å²) in [5, 5.41) is 0. The first-order valence-electron chi connectivity index (χ1n) is 8.19. The highest BCUT2D eigenvalue weighted by molar-refractivity contribution is 5.97. The summed E-state index contributed by atoms with van der Waals surface area (Å²) in [6.45, 7) is 3.31. The number of likely N-dealkylation sites (tertiary alicyclic amines) is 1. The van der Waals surface area contributed by atoms with E-state index in [1.54, 1.807) is 13.3 Å². The number of hydrogen-bond donors (Lipinski definition) is 0. The van der Waals surface area contributed by atoms with Crippen molar-refractivity contribution in [1.82, 2.24) is 9.88 Å². The molecule has 0 spiro atoms. The molecule has 126 valence electrons. The van der Waals surface area contributed by atoms with Gasteiger partial charge in [0.15, 0.2) is 0 Å². The van der Waals surface area contributed by atoms with Gasteiger partial charge in [-0.1, -0.05) is 12.1 Å². The number of nitrogens with zero attached hydrogens (tertiary/aromatic N) is 2. The van der Waals surface area contributed by atoms with E-state index >= 15 is 0 Å². The van der Waals surface area contributed by atoms with Gasteiger partial charge in [-0.25, -0.2) is 0 Å². The lowest BCUT2D eigenvalue weighted by molar-refractivity contribution is 0.0592. The van der Waals surface area contributed by atoms with Gasteiger partial charge in [-0.2, -0.15) is 0 Å². The number of aryl methyl sites for hydroxylation is 1. The van der Waals surface area contributed by atoms with Crippen molar-refractivity contribution in [1.29, 1.82) is 0 Å². The van der Waals surface area contributed by atoms with E-state index in [4.69, 9.17) is 9.47 Å². The van der Waals surface area contributed by atoms with E-state index < -0.39 is 0 Å². The van der Waals surface area contributed by atoms with Gasteiger partial charge in [0.05, 0.1) is 18.9 Å². The maximum atomic E-state index is 12.7. The predicted molar refractivity (Wildman–Crippen MR) is 91.5 cm³/mol. The zero-order valence-electron chi connectivity index (χ0n) is 14.1. The van der Waals surface area contributed by atoms with Crippen LogP contribution in [0.4, 0.5) is 0 Å². The van der Waals surface area contributed by atoms with Crippen LogP contribution in [0.5, 0.6) is 11.5 Å². The second-order valence-corrected chi connectivity index (χ2v) is 5.94. The summed E-state index contributed by atoms with van der Waals surface area (Å²) in [5.41, 5.74) is 1.58. The van der Waals surface area contributed by atoms with Crippen molar-refractivity contribution in [2.45, 2.75) is 25.9 Å². The lowest BCUT2D eigenvalue weighted by Crippen LogP contribution is -2.41. The van der Waals surface area contributed by atoms with Gasteiger partial charge in [0.2, 0.25) is 0 Å². The van der Waals surface area contributed by atoms with E-state index in [0.29, 0.717) is 24.4 Å². The lowest BCUT2D eigenvalue weighted by atomic mass is 10.1. The monoisotopic (exact) mass is 326 g/mol. The van der Waals surface area contributed by atoms with Crippen molar-refractivity contribution in [3.63, 3.8) is 0 Å². The van der Waals surface area contributed by atoms with Crippen LogP contribution in [-0.4, -0.2) is 42.1 Å². The summed E-state index contributed by atoms with van der Waals surface area (Å²) in [4.78, 5) is 18.8. The molecule has 2 heterocycles. The van der Waals surface area contributed by atoms with Crippen molar-refractivity contribution in [3.8, 4) is 11.5 Å². The number of aromatic nitrogens is 1. The minimum atomic E-state index is 0.0166. The third-order valence-electron chi connectivity index (χ3n) is 4.25. The number of piperidine rings is 1. The first kappa shape index (κ1) is 16.3. The van der Waals surface area contributed by atoms with Crippen LogP contribution in [0.3, 0.4) is 0 Å². The molecule has 0 N–H and O–H groups in total. The average molecular weight is 326 g/mol. The van der Waals surface area contributed by atoms with Crippen LogP contribution in [-0.2, 0) is 0 Å². The molecule has 0 unspecified atom stereocenters. The average Bonchev–Trinajstić information content (AvgIpc) is 2.63. The molecule has 2 aromatic rings. The van der Waals surface area contributed by atoms with Crippen LogP contribution in [0.25, 0.3) is 0 Å². The van der Waals surface area contributed by atoms with Crippen molar-refractivity contribution in [2.24, 2.45) is 0 Å². The fraction of sp³-hybridized carbons (Fsp3) is 0.368. The van der Waals surface area contributed by atoms with Crippen LogP contribution < -0.4 is 9.47 Å². The molecule has 1 fully saturated rings. The van der Waals surface area contributed by atoms with Crippen LogP contribution in [0, 0.1) is 6.92 Å². The second-order valence-electron chi connectivity index (χ2n) is 5.94. The summed E-state index contributed by atoms with van der Waals surface area (Å²) in [6.07, 6.45) is 3.50. The first-order valence-corrected chi connectivity index (χ1v) is 8.19. The van der Waals surface area contributed by atoms with Gasteiger partial charge in [-0.15, -0.1) is 0 Å². The molecule has 1 aromatic heterocycles. The largest absolute Gasteiger partial charge is 0.496 e. The topological polar surface area (TPSA) is 51.7 Å². The Hall–Kier alpha value is -2.56. The van der Waals surface area contributed by atoms with E-state index in [2.05, 4.69) is 4.98 Å². The van der Waals surface area contributed by atoms with Gasteiger partial charge in [0, 0.05) is 31.6 Å². The number of methoxy groups -OCH3 is 1. The number of para-hydroxylation sites is 1. The van der Waals surface area contributed by atoms with Gasteiger partial charge in [0.25, 0.3) is 5.91 Å². The van der Waals surface area contributed by atoms with E-state index in [9.17, 15) is 4.79 Å². The summed E-state index contributed by atoms with van der Waals surface area (Å²) in [6, 6.07) is 11.2. The molecule has 1 aromatic carbocycles. The molecule has 1 saturated heterocycles. The molecule has 5 heteroatoms. The summed E-state index contributed by atoms with van der Waals surface area (Å²) in [7, 11) is 1.59. The van der Waals surface area contributed by atoms with E-state index in [-0.39, 0.29) is 12.0 Å². The van der Waals surface area contributed by atoms with Crippen molar-refractivity contribution >= 4 is 5.91 Å². The fourth-order valence-corrected chi connectivity index (χ4v) is 2.88. The lowest BCUT2D eigenvalue weighted by Gasteiger charge is -2.32. The summed E-state index contributed by atoms with van der Waals surface area (Å²) < 4.78 is 11.3. The summed E-state index contributed by atoms with van der Waals surface area (Å²) >= 11 is 0. The maximum absolute atomic E-state index is 12.7. The predicted octanol–water partition coefficient (Wildman–Crippen LogP) is 3.08. The van der Waals surface area contributed by atoms with Gasteiger partial charge < -0.3 is 14.4 Å². The molecule has 1 aliphatic heterocycles. The van der Waals surface area contributed by atoms with Crippen molar-refractivity contribution in [3.05, 3.63) is 53.9 Å². The molecule has 0 bridgehead atoms. The highest BCUT2D eigenvalue weighted by Gasteiger charge is 2.26. The molecule has 3 rings (SSSR count). The minimum absolute atomic E-state index is 0.0166. The van der Waals surface area contributed by atoms with Gasteiger partial charge in [-0.3, -0.25) is 9.78 Å². The number of carbonyl (C=O) groups excluding carboxylic acids is 1. The Morgan fingerprint density at radius 3 is 2.58 bits per heavy atom. The quantitative estimate of drug-likeness (QED) is 0.866. The number of rotatable bonds is 4. The van der Waals surface area contributed by atoms with Crippen LogP contribution >= 0.6 is 0 Å². The van der Waals surface area contributed by atoms with E-state index in [1.165, 1.54) is 0 Å². The van der Waals surface area contributed by atoms with Gasteiger partial charge in [-0.05, 0) is 31.2 Å². The Morgan fingerprint density at radius 1 is 1.17 bits per heavy atom. The Balaban J connectivity index is 1.58. The highest BCUT2D eigenvalue weighted by atomic mass is 16.5. The molecule has 0 radical (unpaired) electrons. The third kappa shape index (κ3) is 3.67. The standard InChI is InChI=1S/C19H22N2O3/c1-14-7-8-16(13-20-14)24-15-9-11-21(12-10-15)19(22)17-5-3-4-6-18(17)23-2/h3-8,13,15H,9-12H2,1-2H3. The number of ether oxygens (including phenoxy) is 2. The highest BCUT2D eigenvalue weighted by Crippen LogP contribution is 2.23. The SMILES string of the molecule is COc1ccccc1C(=O)N1CCC(Oc2ccc(C)nc2)CC1. The van der Waals surface area contributed by atoms with Crippen molar-refractivity contribution in [2.75, 3.05) is 20.2 Å². The Kier molecular flexibility index (Phi) is 4.99. The zero-order chi connectivity index (χ0) is 16.9. The molecule has 0 aliphatic carbocycles.